The first kappa shape index (κ1) is 11.6. The summed E-state index contributed by atoms with van der Waals surface area (Å²) in [5, 5.41) is 12.5. The third-order valence-electron chi connectivity index (χ3n) is 3.04. The number of nitrogens with zero attached hydrogens (tertiary/aromatic N) is 1. The van der Waals surface area contributed by atoms with Gasteiger partial charge in [0, 0.05) is 34.2 Å². The van der Waals surface area contributed by atoms with Gasteiger partial charge in [0.05, 0.1) is 5.60 Å². The molecule has 1 aromatic rings. The topological polar surface area (TPSA) is 23.5 Å². The van der Waals surface area contributed by atoms with Crippen molar-refractivity contribution in [1.29, 1.82) is 0 Å². The van der Waals surface area contributed by atoms with Gasteiger partial charge in [-0.15, -0.1) is 11.3 Å². The molecule has 2 nitrogen and oxygen atoms in total. The Morgan fingerprint density at radius 2 is 2.20 bits per heavy atom. The average molecular weight is 290 g/mol. The highest BCUT2D eigenvalue weighted by Gasteiger charge is 2.31. The fourth-order valence-electron chi connectivity index (χ4n) is 1.98. The van der Waals surface area contributed by atoms with Crippen LogP contribution in [0, 0.1) is 0 Å². The van der Waals surface area contributed by atoms with E-state index in [-0.39, 0.29) is 0 Å². The van der Waals surface area contributed by atoms with Crippen LogP contribution >= 0.6 is 27.3 Å². The van der Waals surface area contributed by atoms with Gasteiger partial charge in [0.1, 0.15) is 0 Å². The quantitative estimate of drug-likeness (QED) is 0.904. The van der Waals surface area contributed by atoms with Gasteiger partial charge < -0.3 is 10.0 Å². The number of hydrogen-bond acceptors (Lipinski definition) is 3. The minimum Gasteiger partial charge on any atom is -0.389 e. The first-order chi connectivity index (χ1) is 7.07. The van der Waals surface area contributed by atoms with Gasteiger partial charge >= 0.3 is 0 Å². The van der Waals surface area contributed by atoms with Crippen LogP contribution in [0.1, 0.15) is 17.7 Å². The molecular formula is C11H16BrNOS. The van der Waals surface area contributed by atoms with Crippen LogP contribution in [0.4, 0.5) is 0 Å². The van der Waals surface area contributed by atoms with Crippen molar-refractivity contribution < 1.29 is 5.11 Å². The Bertz CT molecular complexity index is 331. The predicted octanol–water partition coefficient (Wildman–Crippen LogP) is 2.51. The molecule has 0 atom stereocenters. The smallest absolute Gasteiger partial charge is 0.0720 e. The van der Waals surface area contributed by atoms with Crippen LogP contribution in [0.15, 0.2) is 15.9 Å². The molecule has 0 bridgehead atoms. The highest BCUT2D eigenvalue weighted by Crippen LogP contribution is 2.29. The number of halogens is 1. The summed E-state index contributed by atoms with van der Waals surface area (Å²) in [7, 11) is 2.11. The van der Waals surface area contributed by atoms with Gasteiger partial charge in [-0.3, -0.25) is 0 Å². The number of rotatable bonds is 2. The first-order valence-corrected chi connectivity index (χ1v) is 6.88. The molecule has 0 spiro atoms. The van der Waals surface area contributed by atoms with E-state index in [2.05, 4.69) is 39.3 Å². The summed E-state index contributed by atoms with van der Waals surface area (Å²) in [6, 6.07) is 2.11. The molecule has 0 saturated carbocycles. The molecule has 0 aliphatic carbocycles. The van der Waals surface area contributed by atoms with E-state index >= 15 is 0 Å². The highest BCUT2D eigenvalue weighted by molar-refractivity contribution is 9.10. The first-order valence-electron chi connectivity index (χ1n) is 5.21. The number of likely N-dealkylation sites (tertiary alicyclic amines) is 1. The van der Waals surface area contributed by atoms with E-state index in [0.717, 1.165) is 36.8 Å². The molecule has 1 aromatic heterocycles. The van der Waals surface area contributed by atoms with Crippen LogP contribution in [0.5, 0.6) is 0 Å². The molecule has 15 heavy (non-hydrogen) atoms. The Kier molecular flexibility index (Phi) is 3.50. The lowest BCUT2D eigenvalue weighted by atomic mass is 9.88. The normalized spacial score (nSPS) is 21.8. The molecule has 1 saturated heterocycles. The molecule has 4 heteroatoms. The van der Waals surface area contributed by atoms with Gasteiger partial charge in [0.2, 0.25) is 0 Å². The Hall–Kier alpha value is 0.1000. The van der Waals surface area contributed by atoms with Crippen molar-refractivity contribution in [2.75, 3.05) is 20.1 Å². The van der Waals surface area contributed by atoms with Crippen LogP contribution in [0.2, 0.25) is 0 Å². The molecule has 84 valence electrons. The summed E-state index contributed by atoms with van der Waals surface area (Å²) in [5.41, 5.74) is -0.475. The number of piperidine rings is 1. The maximum absolute atomic E-state index is 10.4. The van der Waals surface area contributed by atoms with Gasteiger partial charge in [-0.25, -0.2) is 0 Å². The molecule has 2 heterocycles. The fraction of sp³-hybridized carbons (Fsp3) is 0.636. The maximum atomic E-state index is 10.4. The number of hydrogen-bond donors (Lipinski definition) is 1. The van der Waals surface area contributed by atoms with Gasteiger partial charge in [-0.1, -0.05) is 0 Å². The molecule has 1 fully saturated rings. The van der Waals surface area contributed by atoms with Crippen molar-refractivity contribution in [2.24, 2.45) is 0 Å². The van der Waals surface area contributed by atoms with Crippen LogP contribution in [0.25, 0.3) is 0 Å². The largest absolute Gasteiger partial charge is 0.389 e. The standard InChI is InChI=1S/C11H16BrNOS/c1-13-4-2-11(14,3-5-13)7-10-6-9(12)8-15-10/h6,8,14H,2-5,7H2,1H3. The van der Waals surface area contributed by atoms with E-state index in [1.54, 1.807) is 11.3 Å². The van der Waals surface area contributed by atoms with Gasteiger partial charge in [0.25, 0.3) is 0 Å². The second-order valence-electron chi connectivity index (χ2n) is 4.44. The molecule has 2 rings (SSSR count). The number of thiophene rings is 1. The van der Waals surface area contributed by atoms with Gasteiger partial charge in [0.15, 0.2) is 0 Å². The minimum atomic E-state index is -0.475. The van der Waals surface area contributed by atoms with E-state index in [1.165, 1.54) is 4.88 Å². The van der Waals surface area contributed by atoms with Crippen molar-refractivity contribution in [2.45, 2.75) is 24.9 Å². The van der Waals surface area contributed by atoms with Crippen molar-refractivity contribution in [1.82, 2.24) is 4.90 Å². The minimum absolute atomic E-state index is 0.475. The van der Waals surface area contributed by atoms with E-state index < -0.39 is 5.60 Å². The summed E-state index contributed by atoms with van der Waals surface area (Å²) < 4.78 is 1.12. The van der Waals surface area contributed by atoms with Gasteiger partial charge in [-0.05, 0) is 41.9 Å². The lowest BCUT2D eigenvalue weighted by molar-refractivity contribution is -0.0144. The summed E-state index contributed by atoms with van der Waals surface area (Å²) in [5.74, 6) is 0. The third-order valence-corrected chi connectivity index (χ3v) is 4.74. The third kappa shape index (κ3) is 3.03. The van der Waals surface area contributed by atoms with Crippen molar-refractivity contribution in [3.8, 4) is 0 Å². The van der Waals surface area contributed by atoms with Gasteiger partial charge in [-0.2, -0.15) is 0 Å². The molecular weight excluding hydrogens is 274 g/mol. The van der Waals surface area contributed by atoms with E-state index in [0.29, 0.717) is 0 Å². The zero-order valence-electron chi connectivity index (χ0n) is 8.87. The zero-order chi connectivity index (χ0) is 10.9. The summed E-state index contributed by atoms with van der Waals surface area (Å²) in [4.78, 5) is 3.55. The summed E-state index contributed by atoms with van der Waals surface area (Å²) >= 11 is 5.17. The van der Waals surface area contributed by atoms with Crippen molar-refractivity contribution >= 4 is 27.3 Å². The molecule has 1 aliphatic rings. The monoisotopic (exact) mass is 289 g/mol. The van der Waals surface area contributed by atoms with Crippen LogP contribution < -0.4 is 0 Å². The second kappa shape index (κ2) is 4.53. The lowest BCUT2D eigenvalue weighted by Crippen LogP contribution is -2.44. The highest BCUT2D eigenvalue weighted by atomic mass is 79.9. The van der Waals surface area contributed by atoms with Crippen LogP contribution in [0.3, 0.4) is 0 Å². The van der Waals surface area contributed by atoms with E-state index in [9.17, 15) is 5.11 Å². The maximum Gasteiger partial charge on any atom is 0.0720 e. The lowest BCUT2D eigenvalue weighted by Gasteiger charge is -2.36. The molecule has 0 amide bonds. The Morgan fingerprint density at radius 3 is 2.73 bits per heavy atom. The predicted molar refractivity (Wildman–Crippen MR) is 67.4 cm³/mol. The summed E-state index contributed by atoms with van der Waals surface area (Å²) in [6.45, 7) is 2.01. The molecule has 1 N–H and O–H groups in total. The second-order valence-corrected chi connectivity index (χ2v) is 6.35. The average Bonchev–Trinajstić information content (AvgIpc) is 2.57. The SMILES string of the molecule is CN1CCC(O)(Cc2cc(Br)cs2)CC1. The Balaban J connectivity index is 1.99. The molecule has 1 aliphatic heterocycles. The summed E-state index contributed by atoms with van der Waals surface area (Å²) in [6.07, 6.45) is 2.58. The Morgan fingerprint density at radius 1 is 1.53 bits per heavy atom. The number of aliphatic hydroxyl groups is 1. The zero-order valence-corrected chi connectivity index (χ0v) is 11.3. The van der Waals surface area contributed by atoms with Crippen LogP contribution in [-0.4, -0.2) is 35.7 Å². The Labute approximate surface area is 103 Å². The van der Waals surface area contributed by atoms with E-state index in [4.69, 9.17) is 0 Å². The van der Waals surface area contributed by atoms with Crippen LogP contribution in [-0.2, 0) is 6.42 Å². The molecule has 0 radical (unpaired) electrons. The van der Waals surface area contributed by atoms with Crippen molar-refractivity contribution in [3.63, 3.8) is 0 Å². The van der Waals surface area contributed by atoms with Crippen molar-refractivity contribution in [3.05, 3.63) is 20.8 Å². The fourth-order valence-corrected chi connectivity index (χ4v) is 3.57. The molecule has 0 aromatic carbocycles. The molecule has 0 unspecified atom stereocenters. The van der Waals surface area contributed by atoms with E-state index in [1.807, 2.05) is 0 Å².